The molecule has 2 aromatic rings. The van der Waals surface area contributed by atoms with Gasteiger partial charge in [0.15, 0.2) is 0 Å². The van der Waals surface area contributed by atoms with E-state index in [2.05, 4.69) is 15.9 Å². The third kappa shape index (κ3) is 2.28. The highest BCUT2D eigenvalue weighted by Gasteiger charge is 2.06. The monoisotopic (exact) mass is 277 g/mol. The van der Waals surface area contributed by atoms with Crippen LogP contribution in [-0.2, 0) is 0 Å². The van der Waals surface area contributed by atoms with Crippen LogP contribution in [0.25, 0.3) is 11.1 Å². The highest BCUT2D eigenvalue weighted by atomic mass is 79.9. The predicted molar refractivity (Wildman–Crippen MR) is 66.2 cm³/mol. The second-order valence-corrected chi connectivity index (χ2v) is 4.23. The van der Waals surface area contributed by atoms with Gasteiger partial charge in [-0.15, -0.1) is 0 Å². The molecule has 0 amide bonds. The van der Waals surface area contributed by atoms with Gasteiger partial charge in [-0.05, 0) is 23.3 Å². The Bertz CT molecular complexity index is 523. The zero-order chi connectivity index (χ0) is 11.5. The Labute approximate surface area is 101 Å². The summed E-state index contributed by atoms with van der Waals surface area (Å²) < 4.78 is 0.988. The van der Waals surface area contributed by atoms with Crippen LogP contribution in [0.15, 0.2) is 53.0 Å². The van der Waals surface area contributed by atoms with Crippen LogP contribution in [0.3, 0.4) is 0 Å². The Morgan fingerprint density at radius 2 is 1.69 bits per heavy atom. The van der Waals surface area contributed by atoms with E-state index in [0.717, 1.165) is 15.6 Å². The van der Waals surface area contributed by atoms with Gasteiger partial charge in [0, 0.05) is 16.6 Å². The number of nitro groups is 1. The minimum Gasteiger partial charge on any atom is -0.258 e. The summed E-state index contributed by atoms with van der Waals surface area (Å²) in [4.78, 5) is 10.3. The maximum absolute atomic E-state index is 10.6. The molecule has 0 aliphatic rings. The summed E-state index contributed by atoms with van der Waals surface area (Å²) in [6.45, 7) is 0. The molecule has 0 aromatic heterocycles. The molecule has 0 bridgehead atoms. The highest BCUT2D eigenvalue weighted by Crippen LogP contribution is 2.24. The Morgan fingerprint density at radius 1 is 1.00 bits per heavy atom. The van der Waals surface area contributed by atoms with E-state index in [0.29, 0.717) is 0 Å². The SMILES string of the molecule is O=[N+]([O-])c1cccc(-c2ccc(Br)cc2)c1. The molecular weight excluding hydrogens is 270 g/mol. The zero-order valence-electron chi connectivity index (χ0n) is 8.26. The summed E-state index contributed by atoms with van der Waals surface area (Å²) in [6, 6.07) is 14.3. The van der Waals surface area contributed by atoms with Crippen molar-refractivity contribution < 1.29 is 4.92 Å². The molecule has 0 unspecified atom stereocenters. The van der Waals surface area contributed by atoms with E-state index >= 15 is 0 Å². The van der Waals surface area contributed by atoms with Crippen molar-refractivity contribution >= 4 is 21.6 Å². The maximum atomic E-state index is 10.6. The van der Waals surface area contributed by atoms with Crippen molar-refractivity contribution in [3.8, 4) is 11.1 Å². The number of hydrogen-bond acceptors (Lipinski definition) is 2. The van der Waals surface area contributed by atoms with E-state index in [4.69, 9.17) is 0 Å². The Balaban J connectivity index is 2.44. The van der Waals surface area contributed by atoms with Gasteiger partial charge in [0.1, 0.15) is 0 Å². The lowest BCUT2D eigenvalue weighted by atomic mass is 10.1. The van der Waals surface area contributed by atoms with Crippen LogP contribution >= 0.6 is 15.9 Å². The minimum absolute atomic E-state index is 0.111. The fourth-order valence-electron chi connectivity index (χ4n) is 1.44. The van der Waals surface area contributed by atoms with Crippen molar-refractivity contribution in [2.45, 2.75) is 0 Å². The van der Waals surface area contributed by atoms with Crippen LogP contribution < -0.4 is 0 Å². The number of non-ortho nitro benzene ring substituents is 1. The van der Waals surface area contributed by atoms with Crippen LogP contribution in [0.5, 0.6) is 0 Å². The summed E-state index contributed by atoms with van der Waals surface area (Å²) in [5.74, 6) is 0. The van der Waals surface area contributed by atoms with Crippen molar-refractivity contribution in [3.05, 3.63) is 63.1 Å². The van der Waals surface area contributed by atoms with E-state index in [1.54, 1.807) is 12.1 Å². The molecular formula is C12H8BrNO2. The second kappa shape index (κ2) is 4.45. The third-order valence-electron chi connectivity index (χ3n) is 2.23. The second-order valence-electron chi connectivity index (χ2n) is 3.31. The van der Waals surface area contributed by atoms with E-state index in [9.17, 15) is 10.1 Å². The molecule has 0 saturated heterocycles. The number of nitrogens with zero attached hydrogens (tertiary/aromatic N) is 1. The van der Waals surface area contributed by atoms with Gasteiger partial charge in [-0.25, -0.2) is 0 Å². The Hall–Kier alpha value is -1.68. The molecule has 2 aromatic carbocycles. The molecule has 0 radical (unpaired) electrons. The fourth-order valence-corrected chi connectivity index (χ4v) is 1.71. The summed E-state index contributed by atoms with van der Waals surface area (Å²) in [7, 11) is 0. The van der Waals surface area contributed by atoms with Gasteiger partial charge < -0.3 is 0 Å². The first-order valence-electron chi connectivity index (χ1n) is 4.67. The maximum Gasteiger partial charge on any atom is 0.270 e. The molecule has 0 aliphatic heterocycles. The first-order chi connectivity index (χ1) is 7.66. The van der Waals surface area contributed by atoms with Crippen LogP contribution in [0.2, 0.25) is 0 Å². The smallest absolute Gasteiger partial charge is 0.258 e. The molecule has 0 heterocycles. The Morgan fingerprint density at radius 3 is 2.31 bits per heavy atom. The lowest BCUT2D eigenvalue weighted by molar-refractivity contribution is -0.384. The average Bonchev–Trinajstić information content (AvgIpc) is 2.30. The zero-order valence-corrected chi connectivity index (χ0v) is 9.85. The molecule has 2 rings (SSSR count). The summed E-state index contributed by atoms with van der Waals surface area (Å²) in [6.07, 6.45) is 0. The van der Waals surface area contributed by atoms with Gasteiger partial charge in [0.05, 0.1) is 4.92 Å². The van der Waals surface area contributed by atoms with Gasteiger partial charge in [0.2, 0.25) is 0 Å². The first kappa shape index (κ1) is 10.8. The summed E-state index contributed by atoms with van der Waals surface area (Å²) in [5.41, 5.74) is 1.93. The molecule has 0 fully saturated rings. The number of benzene rings is 2. The van der Waals surface area contributed by atoms with Crippen LogP contribution in [0.1, 0.15) is 0 Å². The third-order valence-corrected chi connectivity index (χ3v) is 2.76. The Kier molecular flexibility index (Phi) is 3.01. The van der Waals surface area contributed by atoms with Crippen molar-refractivity contribution in [1.29, 1.82) is 0 Å². The molecule has 80 valence electrons. The van der Waals surface area contributed by atoms with Crippen LogP contribution in [0.4, 0.5) is 5.69 Å². The van der Waals surface area contributed by atoms with Gasteiger partial charge in [-0.3, -0.25) is 10.1 Å². The molecule has 0 N–H and O–H groups in total. The molecule has 0 saturated carbocycles. The lowest BCUT2D eigenvalue weighted by Gasteiger charge is -2.01. The standard InChI is InChI=1S/C12H8BrNO2/c13-11-6-4-9(5-7-11)10-2-1-3-12(8-10)14(15)16/h1-8H. The van der Waals surface area contributed by atoms with Gasteiger partial charge in [-0.2, -0.15) is 0 Å². The summed E-state index contributed by atoms with van der Waals surface area (Å²) >= 11 is 3.35. The van der Waals surface area contributed by atoms with E-state index in [1.165, 1.54) is 6.07 Å². The van der Waals surface area contributed by atoms with E-state index in [-0.39, 0.29) is 10.6 Å². The van der Waals surface area contributed by atoms with Crippen molar-refractivity contribution in [3.63, 3.8) is 0 Å². The summed E-state index contributed by atoms with van der Waals surface area (Å²) in [5, 5.41) is 10.6. The number of halogens is 1. The average molecular weight is 278 g/mol. The largest absolute Gasteiger partial charge is 0.270 e. The molecule has 0 atom stereocenters. The van der Waals surface area contributed by atoms with Gasteiger partial charge >= 0.3 is 0 Å². The van der Waals surface area contributed by atoms with Crippen molar-refractivity contribution in [1.82, 2.24) is 0 Å². The molecule has 16 heavy (non-hydrogen) atoms. The van der Waals surface area contributed by atoms with E-state index < -0.39 is 0 Å². The number of rotatable bonds is 2. The highest BCUT2D eigenvalue weighted by molar-refractivity contribution is 9.10. The molecule has 0 spiro atoms. The minimum atomic E-state index is -0.387. The van der Waals surface area contributed by atoms with Crippen LogP contribution in [-0.4, -0.2) is 4.92 Å². The number of nitro benzene ring substituents is 1. The van der Waals surface area contributed by atoms with E-state index in [1.807, 2.05) is 30.3 Å². The topological polar surface area (TPSA) is 43.1 Å². The normalized spacial score (nSPS) is 10.1. The van der Waals surface area contributed by atoms with Crippen molar-refractivity contribution in [2.75, 3.05) is 0 Å². The van der Waals surface area contributed by atoms with Crippen molar-refractivity contribution in [2.24, 2.45) is 0 Å². The predicted octanol–water partition coefficient (Wildman–Crippen LogP) is 4.02. The lowest BCUT2D eigenvalue weighted by Crippen LogP contribution is -1.87. The molecule has 3 nitrogen and oxygen atoms in total. The first-order valence-corrected chi connectivity index (χ1v) is 5.46. The molecule has 4 heteroatoms. The van der Waals surface area contributed by atoms with Gasteiger partial charge in [-0.1, -0.05) is 40.2 Å². The molecule has 0 aliphatic carbocycles. The fraction of sp³-hybridized carbons (Fsp3) is 0. The number of hydrogen-bond donors (Lipinski definition) is 0. The van der Waals surface area contributed by atoms with Gasteiger partial charge in [0.25, 0.3) is 5.69 Å². The quantitative estimate of drug-likeness (QED) is 0.615. The van der Waals surface area contributed by atoms with Crippen LogP contribution in [0, 0.1) is 10.1 Å².